The summed E-state index contributed by atoms with van der Waals surface area (Å²) in [5.41, 5.74) is -1.36. The number of rotatable bonds is 6. The molecule has 144 valence electrons. The molecule has 2 aromatic carbocycles. The molecule has 2 N–H and O–H groups in total. The van der Waals surface area contributed by atoms with Gasteiger partial charge in [-0.25, -0.2) is 13.1 Å². The maximum absolute atomic E-state index is 12.7. The van der Waals surface area contributed by atoms with E-state index >= 15 is 0 Å². The SMILES string of the molecule is O=C(CNS(=O)(=O)c1cccc(C(F)(F)F)c1)Nc1cccc([N+](=O)[O-])c1. The third-order valence-electron chi connectivity index (χ3n) is 3.24. The number of alkyl halides is 3. The van der Waals surface area contributed by atoms with E-state index in [1.165, 1.54) is 18.2 Å². The van der Waals surface area contributed by atoms with Crippen molar-refractivity contribution in [1.82, 2.24) is 4.72 Å². The van der Waals surface area contributed by atoms with Crippen molar-refractivity contribution in [2.75, 3.05) is 11.9 Å². The van der Waals surface area contributed by atoms with Crippen molar-refractivity contribution in [3.05, 3.63) is 64.2 Å². The number of anilines is 1. The van der Waals surface area contributed by atoms with Crippen LogP contribution >= 0.6 is 0 Å². The number of sulfonamides is 1. The van der Waals surface area contributed by atoms with Crippen LogP contribution in [-0.2, 0) is 21.0 Å². The number of hydrogen-bond donors (Lipinski definition) is 2. The number of carbonyl (C=O) groups is 1. The molecule has 0 fully saturated rings. The van der Waals surface area contributed by atoms with Crippen LogP contribution < -0.4 is 10.0 Å². The van der Waals surface area contributed by atoms with Crippen LogP contribution in [0.1, 0.15) is 5.56 Å². The molecule has 0 radical (unpaired) electrons. The van der Waals surface area contributed by atoms with Crippen LogP contribution in [0.2, 0.25) is 0 Å². The summed E-state index contributed by atoms with van der Waals surface area (Å²) in [5.74, 6) is -0.856. The van der Waals surface area contributed by atoms with Gasteiger partial charge in [0.2, 0.25) is 15.9 Å². The lowest BCUT2D eigenvalue weighted by Gasteiger charge is -2.10. The second-order valence-electron chi connectivity index (χ2n) is 5.21. The Bertz CT molecular complexity index is 977. The van der Waals surface area contributed by atoms with Crippen molar-refractivity contribution in [2.45, 2.75) is 11.1 Å². The molecule has 0 aliphatic heterocycles. The molecule has 2 rings (SSSR count). The fraction of sp³-hybridized carbons (Fsp3) is 0.133. The molecule has 0 heterocycles. The number of hydrogen-bond acceptors (Lipinski definition) is 5. The van der Waals surface area contributed by atoms with E-state index in [1.807, 2.05) is 4.72 Å². The summed E-state index contributed by atoms with van der Waals surface area (Å²) in [6, 6.07) is 7.99. The zero-order chi connectivity index (χ0) is 20.2. The molecule has 0 aliphatic carbocycles. The van der Waals surface area contributed by atoms with Gasteiger partial charge in [0.05, 0.1) is 21.9 Å². The molecule has 0 saturated carbocycles. The summed E-state index contributed by atoms with van der Waals surface area (Å²) in [5, 5.41) is 12.9. The predicted molar refractivity (Wildman–Crippen MR) is 88.4 cm³/mol. The number of nitrogens with one attached hydrogen (secondary N) is 2. The van der Waals surface area contributed by atoms with E-state index in [9.17, 15) is 36.5 Å². The highest BCUT2D eigenvalue weighted by atomic mass is 32.2. The Morgan fingerprint density at radius 2 is 1.78 bits per heavy atom. The average molecular weight is 403 g/mol. The molecule has 0 bridgehead atoms. The van der Waals surface area contributed by atoms with Crippen molar-refractivity contribution in [3.63, 3.8) is 0 Å². The Morgan fingerprint density at radius 3 is 2.41 bits per heavy atom. The van der Waals surface area contributed by atoms with E-state index < -0.39 is 44.0 Å². The first-order valence-corrected chi connectivity index (χ1v) is 8.68. The first kappa shape index (κ1) is 20.3. The normalized spacial score (nSPS) is 11.8. The number of nitro benzene ring substituents is 1. The Balaban J connectivity index is 2.06. The van der Waals surface area contributed by atoms with Crippen molar-refractivity contribution in [2.24, 2.45) is 0 Å². The maximum Gasteiger partial charge on any atom is 0.416 e. The molecule has 0 unspecified atom stereocenters. The van der Waals surface area contributed by atoms with Gasteiger partial charge in [0.1, 0.15) is 0 Å². The van der Waals surface area contributed by atoms with Gasteiger partial charge >= 0.3 is 6.18 Å². The number of nitro groups is 1. The number of non-ortho nitro benzene ring substituents is 1. The monoisotopic (exact) mass is 403 g/mol. The molecule has 1 amide bonds. The van der Waals surface area contributed by atoms with Crippen molar-refractivity contribution >= 4 is 27.3 Å². The molecular formula is C15H12F3N3O5S. The maximum atomic E-state index is 12.7. The Morgan fingerprint density at radius 1 is 1.11 bits per heavy atom. The van der Waals surface area contributed by atoms with E-state index in [0.717, 1.165) is 18.2 Å². The largest absolute Gasteiger partial charge is 0.416 e. The van der Waals surface area contributed by atoms with Gasteiger partial charge in [-0.05, 0) is 24.3 Å². The zero-order valence-corrected chi connectivity index (χ0v) is 14.2. The van der Waals surface area contributed by atoms with Gasteiger partial charge in [0.15, 0.2) is 0 Å². The van der Waals surface area contributed by atoms with Crippen LogP contribution in [0.15, 0.2) is 53.4 Å². The van der Waals surface area contributed by atoms with Gasteiger partial charge in [-0.15, -0.1) is 0 Å². The van der Waals surface area contributed by atoms with Gasteiger partial charge in [0, 0.05) is 17.8 Å². The molecular weight excluding hydrogens is 391 g/mol. The lowest BCUT2D eigenvalue weighted by Crippen LogP contribution is -2.33. The minimum atomic E-state index is -4.72. The minimum absolute atomic E-state index is 0.0625. The van der Waals surface area contributed by atoms with Crippen LogP contribution in [0.25, 0.3) is 0 Å². The van der Waals surface area contributed by atoms with E-state index in [0.29, 0.717) is 12.1 Å². The van der Waals surface area contributed by atoms with Crippen LogP contribution in [0.3, 0.4) is 0 Å². The molecule has 2 aromatic rings. The van der Waals surface area contributed by atoms with Crippen molar-refractivity contribution < 1.29 is 31.3 Å². The van der Waals surface area contributed by atoms with Crippen LogP contribution in [0.5, 0.6) is 0 Å². The number of carbonyl (C=O) groups excluding carboxylic acids is 1. The molecule has 0 aromatic heterocycles. The molecule has 12 heteroatoms. The third-order valence-corrected chi connectivity index (χ3v) is 4.63. The Kier molecular flexibility index (Phi) is 5.81. The van der Waals surface area contributed by atoms with Crippen molar-refractivity contribution in [1.29, 1.82) is 0 Å². The van der Waals surface area contributed by atoms with Crippen LogP contribution in [0.4, 0.5) is 24.5 Å². The summed E-state index contributed by atoms with van der Waals surface area (Å²) < 4.78 is 64.0. The van der Waals surface area contributed by atoms with Gasteiger partial charge in [-0.1, -0.05) is 12.1 Å². The van der Waals surface area contributed by atoms with Gasteiger partial charge < -0.3 is 5.32 Å². The van der Waals surface area contributed by atoms with E-state index in [-0.39, 0.29) is 11.4 Å². The minimum Gasteiger partial charge on any atom is -0.325 e. The zero-order valence-electron chi connectivity index (χ0n) is 13.4. The molecule has 0 aliphatic rings. The molecule has 0 saturated heterocycles. The lowest BCUT2D eigenvalue weighted by molar-refractivity contribution is -0.384. The molecule has 0 spiro atoms. The molecule has 27 heavy (non-hydrogen) atoms. The van der Waals surface area contributed by atoms with Crippen molar-refractivity contribution in [3.8, 4) is 0 Å². The highest BCUT2D eigenvalue weighted by Crippen LogP contribution is 2.30. The number of benzene rings is 2. The molecule has 8 nitrogen and oxygen atoms in total. The van der Waals surface area contributed by atoms with E-state index in [1.54, 1.807) is 0 Å². The molecule has 0 atom stereocenters. The quantitative estimate of drug-likeness (QED) is 0.568. The third kappa shape index (κ3) is 5.49. The second-order valence-corrected chi connectivity index (χ2v) is 6.97. The first-order valence-electron chi connectivity index (χ1n) is 7.20. The Labute approximate surface area is 151 Å². The number of halogens is 3. The fourth-order valence-corrected chi connectivity index (χ4v) is 3.01. The summed E-state index contributed by atoms with van der Waals surface area (Å²) >= 11 is 0. The standard InChI is InChI=1S/C15H12F3N3O5S/c16-15(17,18)10-3-1-6-13(7-10)27(25,26)19-9-14(22)20-11-4-2-5-12(8-11)21(23)24/h1-8,19H,9H2,(H,20,22). The predicted octanol–water partition coefficient (Wildman–Crippen LogP) is 2.53. The van der Waals surface area contributed by atoms with E-state index in [2.05, 4.69) is 5.32 Å². The van der Waals surface area contributed by atoms with Gasteiger partial charge in [-0.3, -0.25) is 14.9 Å². The fourth-order valence-electron chi connectivity index (χ4n) is 1.99. The summed E-state index contributed by atoms with van der Waals surface area (Å²) in [7, 11) is -4.37. The first-order chi connectivity index (χ1) is 12.5. The summed E-state index contributed by atoms with van der Waals surface area (Å²) in [6.45, 7) is -0.777. The number of amides is 1. The summed E-state index contributed by atoms with van der Waals surface area (Å²) in [4.78, 5) is 21.2. The summed E-state index contributed by atoms with van der Waals surface area (Å²) in [6.07, 6.45) is -4.72. The van der Waals surface area contributed by atoms with Gasteiger partial charge in [0.25, 0.3) is 5.69 Å². The smallest absolute Gasteiger partial charge is 0.325 e. The number of nitrogens with zero attached hydrogens (tertiary/aromatic N) is 1. The van der Waals surface area contributed by atoms with Gasteiger partial charge in [-0.2, -0.15) is 13.2 Å². The lowest BCUT2D eigenvalue weighted by atomic mass is 10.2. The topological polar surface area (TPSA) is 118 Å². The van der Waals surface area contributed by atoms with Crippen LogP contribution in [0, 0.1) is 10.1 Å². The van der Waals surface area contributed by atoms with Crippen LogP contribution in [-0.4, -0.2) is 25.8 Å². The second kappa shape index (κ2) is 7.72. The Hall–Kier alpha value is -2.99. The average Bonchev–Trinajstić information content (AvgIpc) is 2.60. The van der Waals surface area contributed by atoms with E-state index in [4.69, 9.17) is 0 Å². The highest BCUT2D eigenvalue weighted by Gasteiger charge is 2.31. The highest BCUT2D eigenvalue weighted by molar-refractivity contribution is 7.89.